The zero-order chi connectivity index (χ0) is 59.1. The van der Waals surface area contributed by atoms with Crippen LogP contribution in [-0.2, 0) is 19.1 Å². The van der Waals surface area contributed by atoms with E-state index in [0.29, 0.717) is 12.8 Å². The second kappa shape index (κ2) is 71.0. The van der Waals surface area contributed by atoms with Crippen LogP contribution in [0.2, 0.25) is 0 Å². The average molecular weight is 1130 g/mol. The summed E-state index contributed by atoms with van der Waals surface area (Å²) in [6.07, 6.45) is 107. The Balaban J connectivity index is 3.53. The molecule has 0 heterocycles. The molecule has 0 aromatic heterocycles. The first-order valence-corrected chi connectivity index (χ1v) is 34.4. The van der Waals surface area contributed by atoms with Crippen molar-refractivity contribution in [3.8, 4) is 0 Å². The summed E-state index contributed by atoms with van der Waals surface area (Å²) in [6.45, 7) is 4.03. The third-order valence-corrected chi connectivity index (χ3v) is 14.6. The molecule has 0 bridgehead atoms. The third kappa shape index (κ3) is 68.3. The van der Waals surface area contributed by atoms with Crippen LogP contribution in [0, 0.1) is 0 Å². The maximum Gasteiger partial charge on any atom is 0.306 e. The highest BCUT2D eigenvalue weighted by Crippen LogP contribution is 2.16. The molecular weight excluding hydrogens is 1000 g/mol. The van der Waals surface area contributed by atoms with Gasteiger partial charge in [0.25, 0.3) is 0 Å². The van der Waals surface area contributed by atoms with E-state index in [9.17, 15) is 14.7 Å². The number of ether oxygens (including phenoxy) is 2. The molecule has 0 saturated carbocycles. The third-order valence-electron chi connectivity index (χ3n) is 14.6. The highest BCUT2D eigenvalue weighted by atomic mass is 16.6. The van der Waals surface area contributed by atoms with Gasteiger partial charge in [0.1, 0.15) is 6.61 Å². The van der Waals surface area contributed by atoms with Gasteiger partial charge in [-0.2, -0.15) is 0 Å². The number of allylic oxidation sites excluding steroid dienone is 24. The maximum atomic E-state index is 12.4. The molecule has 1 atom stereocenters. The monoisotopic (exact) mass is 1130 g/mol. The average Bonchev–Trinajstić information content (AvgIpc) is 3.49. The minimum atomic E-state index is -0.783. The molecule has 0 amide bonds. The quantitative estimate of drug-likeness (QED) is 0.0373. The highest BCUT2D eigenvalue weighted by molar-refractivity contribution is 5.70. The summed E-state index contributed by atoms with van der Waals surface area (Å²) in [7, 11) is 0. The first-order valence-electron chi connectivity index (χ1n) is 34.4. The molecule has 0 fully saturated rings. The van der Waals surface area contributed by atoms with E-state index in [1.165, 1.54) is 173 Å². The van der Waals surface area contributed by atoms with Crippen LogP contribution in [0.3, 0.4) is 0 Å². The second-order valence-electron chi connectivity index (χ2n) is 22.5. The summed E-state index contributed by atoms with van der Waals surface area (Å²) >= 11 is 0. The molecule has 5 heteroatoms. The first-order chi connectivity index (χ1) is 40.6. The van der Waals surface area contributed by atoms with E-state index in [4.69, 9.17) is 9.47 Å². The standard InChI is InChI=1S/C77H128O5/c1-3-5-7-9-11-13-15-17-19-21-23-25-27-29-31-32-33-34-35-36-37-38-39-40-41-42-43-44-46-48-50-52-54-56-58-60-62-64-66-68-70-72-77(80)82-75(73-78)74-81-76(79)71-69-67-65-63-61-59-57-55-53-51-49-47-45-30-28-26-24-22-20-18-16-14-12-10-8-6-4-2/h5,7,11,13,16-19,22-25,28-31,33-34,36-37,39-40,42-43,75,78H,3-4,6,8-10,12,14-15,20-21,26-27,32,35,38,41,44-74H2,1-2H3/b7-5-,13-11-,18-16-,19-17-,24-22-,25-23-,30-28-,31-29-,34-33-,37-36-,40-39-,43-42-. The molecule has 1 unspecified atom stereocenters. The van der Waals surface area contributed by atoms with Crippen LogP contribution in [0.4, 0.5) is 0 Å². The van der Waals surface area contributed by atoms with Gasteiger partial charge in [0.05, 0.1) is 6.61 Å². The van der Waals surface area contributed by atoms with Crippen molar-refractivity contribution in [1.82, 2.24) is 0 Å². The number of carbonyl (C=O) groups excluding carboxylic acids is 2. The van der Waals surface area contributed by atoms with Crippen molar-refractivity contribution in [2.24, 2.45) is 0 Å². The van der Waals surface area contributed by atoms with E-state index < -0.39 is 6.10 Å². The Bertz CT molecular complexity index is 1710. The first kappa shape index (κ1) is 77.8. The van der Waals surface area contributed by atoms with E-state index in [0.717, 1.165) is 109 Å². The second-order valence-corrected chi connectivity index (χ2v) is 22.5. The van der Waals surface area contributed by atoms with Crippen molar-refractivity contribution in [2.45, 2.75) is 315 Å². The maximum absolute atomic E-state index is 12.4. The molecular formula is C77H128O5. The van der Waals surface area contributed by atoms with Gasteiger partial charge in [0.15, 0.2) is 6.10 Å². The Morgan fingerprint density at radius 1 is 0.293 bits per heavy atom. The molecule has 0 aliphatic rings. The van der Waals surface area contributed by atoms with Gasteiger partial charge in [0.2, 0.25) is 0 Å². The van der Waals surface area contributed by atoms with Crippen molar-refractivity contribution in [2.75, 3.05) is 13.2 Å². The van der Waals surface area contributed by atoms with E-state index >= 15 is 0 Å². The van der Waals surface area contributed by atoms with Gasteiger partial charge in [-0.05, 0) is 122 Å². The fourth-order valence-electron chi connectivity index (χ4n) is 9.50. The van der Waals surface area contributed by atoms with Gasteiger partial charge < -0.3 is 14.6 Å². The number of hydrogen-bond donors (Lipinski definition) is 1. The lowest BCUT2D eigenvalue weighted by atomic mass is 10.0. The zero-order valence-corrected chi connectivity index (χ0v) is 53.5. The lowest BCUT2D eigenvalue weighted by Gasteiger charge is -2.15. The van der Waals surface area contributed by atoms with Gasteiger partial charge in [-0.15, -0.1) is 0 Å². The number of carbonyl (C=O) groups is 2. The molecule has 0 spiro atoms. The minimum absolute atomic E-state index is 0.0722. The molecule has 0 aliphatic heterocycles. The van der Waals surface area contributed by atoms with Gasteiger partial charge >= 0.3 is 11.9 Å². The summed E-state index contributed by atoms with van der Waals surface area (Å²) in [5.41, 5.74) is 0. The van der Waals surface area contributed by atoms with Gasteiger partial charge in [0, 0.05) is 12.8 Å². The van der Waals surface area contributed by atoms with E-state index in [2.05, 4.69) is 160 Å². The number of unbranched alkanes of at least 4 members (excludes halogenated alkanes) is 30. The topological polar surface area (TPSA) is 72.8 Å². The largest absolute Gasteiger partial charge is 0.462 e. The van der Waals surface area contributed by atoms with Crippen LogP contribution in [0.25, 0.3) is 0 Å². The van der Waals surface area contributed by atoms with Crippen LogP contribution in [0.15, 0.2) is 146 Å². The molecule has 0 aliphatic carbocycles. The molecule has 466 valence electrons. The van der Waals surface area contributed by atoms with E-state index in [1.54, 1.807) is 0 Å². The lowest BCUT2D eigenvalue weighted by molar-refractivity contribution is -0.161. The zero-order valence-electron chi connectivity index (χ0n) is 53.5. The van der Waals surface area contributed by atoms with E-state index in [1.807, 2.05) is 0 Å². The van der Waals surface area contributed by atoms with Crippen LogP contribution in [0.1, 0.15) is 309 Å². The summed E-state index contributed by atoms with van der Waals surface area (Å²) in [4.78, 5) is 24.6. The Morgan fingerprint density at radius 3 is 0.793 bits per heavy atom. The van der Waals surface area contributed by atoms with Crippen molar-refractivity contribution >= 4 is 11.9 Å². The molecule has 0 aromatic carbocycles. The Kier molecular flexibility index (Phi) is 67.4. The Labute approximate surface area is 508 Å². The van der Waals surface area contributed by atoms with Crippen molar-refractivity contribution in [3.05, 3.63) is 146 Å². The van der Waals surface area contributed by atoms with Gasteiger partial charge in [-0.3, -0.25) is 9.59 Å². The van der Waals surface area contributed by atoms with E-state index in [-0.39, 0.29) is 25.2 Å². The summed E-state index contributed by atoms with van der Waals surface area (Å²) in [6, 6.07) is 0. The van der Waals surface area contributed by atoms with Gasteiger partial charge in [-0.1, -0.05) is 320 Å². The summed E-state index contributed by atoms with van der Waals surface area (Å²) < 4.78 is 10.7. The SMILES string of the molecule is CC/C=C\C/C=C\C/C=C\C/C=C\C/C=C\C/C=C\C/C=C\C/C=C\C/C=C\CCCCCCCCCCCCCCCC(=O)OC(CO)COC(=O)CCCCCCCCCCCCCC/C=C\C/C=C\C/C=C\CCCCCCC. The molecule has 0 saturated heterocycles. The minimum Gasteiger partial charge on any atom is -0.462 e. The summed E-state index contributed by atoms with van der Waals surface area (Å²) in [5, 5.41) is 9.70. The predicted molar refractivity (Wildman–Crippen MR) is 361 cm³/mol. The number of esters is 2. The number of rotatable bonds is 62. The molecule has 1 N–H and O–H groups in total. The molecule has 0 rings (SSSR count). The fraction of sp³-hybridized carbons (Fsp3) is 0.662. The number of aliphatic hydroxyl groups is 1. The predicted octanol–water partition coefficient (Wildman–Crippen LogP) is 24.1. The van der Waals surface area contributed by atoms with Crippen LogP contribution >= 0.6 is 0 Å². The normalized spacial score (nSPS) is 13.2. The van der Waals surface area contributed by atoms with Crippen LogP contribution < -0.4 is 0 Å². The van der Waals surface area contributed by atoms with Crippen LogP contribution in [0.5, 0.6) is 0 Å². The van der Waals surface area contributed by atoms with Gasteiger partial charge in [-0.25, -0.2) is 0 Å². The Morgan fingerprint density at radius 2 is 0.524 bits per heavy atom. The molecule has 0 aromatic rings. The number of aliphatic hydroxyl groups excluding tert-OH is 1. The fourth-order valence-corrected chi connectivity index (χ4v) is 9.50. The van der Waals surface area contributed by atoms with Crippen molar-refractivity contribution in [3.63, 3.8) is 0 Å². The highest BCUT2D eigenvalue weighted by Gasteiger charge is 2.16. The molecule has 5 nitrogen and oxygen atoms in total. The Hall–Kier alpha value is -4.22. The smallest absolute Gasteiger partial charge is 0.306 e. The molecule has 82 heavy (non-hydrogen) atoms. The van der Waals surface area contributed by atoms with Crippen molar-refractivity contribution in [1.29, 1.82) is 0 Å². The van der Waals surface area contributed by atoms with Crippen molar-refractivity contribution < 1.29 is 24.2 Å². The molecule has 0 radical (unpaired) electrons. The summed E-state index contributed by atoms with van der Waals surface area (Å²) in [5.74, 6) is -0.592. The van der Waals surface area contributed by atoms with Crippen LogP contribution in [-0.4, -0.2) is 36.4 Å². The number of hydrogen-bond acceptors (Lipinski definition) is 5. The lowest BCUT2D eigenvalue weighted by Crippen LogP contribution is -2.28.